The van der Waals surface area contributed by atoms with Crippen molar-refractivity contribution < 1.29 is 23.9 Å². The van der Waals surface area contributed by atoms with Gasteiger partial charge in [-0.25, -0.2) is 0 Å². The second-order valence-corrected chi connectivity index (χ2v) is 8.23. The lowest BCUT2D eigenvalue weighted by Gasteiger charge is -2.30. The van der Waals surface area contributed by atoms with Crippen LogP contribution in [0.3, 0.4) is 0 Å². The summed E-state index contributed by atoms with van der Waals surface area (Å²) in [5.41, 5.74) is 5.42. The molecule has 1 aliphatic carbocycles. The molecule has 1 N–H and O–H groups in total. The average molecular weight is 434 g/mol. The van der Waals surface area contributed by atoms with Crippen molar-refractivity contribution in [1.82, 2.24) is 5.16 Å². The van der Waals surface area contributed by atoms with Gasteiger partial charge in [-0.2, -0.15) is 0 Å². The van der Waals surface area contributed by atoms with Crippen molar-refractivity contribution in [2.45, 2.75) is 31.3 Å². The Labute approximate surface area is 186 Å². The molecule has 0 bridgehead atoms. The molecule has 1 aromatic heterocycles. The molecule has 0 saturated carbocycles. The van der Waals surface area contributed by atoms with Gasteiger partial charge >= 0.3 is 5.97 Å². The zero-order valence-electron chi connectivity index (χ0n) is 17.8. The maximum absolute atomic E-state index is 11.3. The van der Waals surface area contributed by atoms with Crippen LogP contribution >= 0.6 is 0 Å². The summed E-state index contributed by atoms with van der Waals surface area (Å²) in [7, 11) is 0. The Morgan fingerprint density at radius 2 is 1.97 bits per heavy atom. The van der Waals surface area contributed by atoms with Gasteiger partial charge in [0, 0.05) is 30.8 Å². The minimum Gasteiger partial charge on any atom is -0.486 e. The standard InChI is InChI=1S/C25H26N2O5/c28-25(29)16-21(22-10-13-31-26-22)17-4-6-18(7-5-17)32-24-9-8-19-20(24)2-1-3-23(19)27-11-14-30-15-12-27/h1-7,10,13,21,24H,8-9,11-12,14-16H2,(H,28,29)/t21-,24+/m0/s1. The third-order valence-electron chi connectivity index (χ3n) is 6.30. The van der Waals surface area contributed by atoms with E-state index in [9.17, 15) is 9.90 Å². The lowest BCUT2D eigenvalue weighted by atomic mass is 9.92. The highest BCUT2D eigenvalue weighted by Crippen LogP contribution is 2.40. The number of carbonyl (C=O) groups is 1. The van der Waals surface area contributed by atoms with Crippen LogP contribution in [-0.2, 0) is 16.0 Å². The Balaban J connectivity index is 1.32. The molecule has 0 unspecified atom stereocenters. The third-order valence-corrected chi connectivity index (χ3v) is 6.30. The SMILES string of the molecule is O=C(O)C[C@@H](c1ccc(O[C@@H]2CCc3c2cccc3N2CCOCC2)cc1)c1ccon1. The first-order valence-electron chi connectivity index (χ1n) is 11.0. The number of aliphatic carboxylic acids is 1. The van der Waals surface area contributed by atoms with Crippen molar-refractivity contribution >= 4 is 11.7 Å². The molecule has 3 aromatic rings. The molecule has 0 spiro atoms. The van der Waals surface area contributed by atoms with Gasteiger partial charge in [-0.15, -0.1) is 0 Å². The first-order chi connectivity index (χ1) is 15.7. The van der Waals surface area contributed by atoms with E-state index < -0.39 is 5.97 Å². The zero-order valence-corrected chi connectivity index (χ0v) is 17.8. The van der Waals surface area contributed by atoms with E-state index in [0.29, 0.717) is 5.69 Å². The lowest BCUT2D eigenvalue weighted by Crippen LogP contribution is -2.36. The Morgan fingerprint density at radius 3 is 2.69 bits per heavy atom. The molecule has 2 aliphatic rings. The summed E-state index contributed by atoms with van der Waals surface area (Å²) >= 11 is 0. The summed E-state index contributed by atoms with van der Waals surface area (Å²) in [5, 5.41) is 13.2. The van der Waals surface area contributed by atoms with Crippen molar-refractivity contribution in [1.29, 1.82) is 0 Å². The highest BCUT2D eigenvalue weighted by Gasteiger charge is 2.28. The maximum atomic E-state index is 11.3. The van der Waals surface area contributed by atoms with Gasteiger partial charge in [-0.3, -0.25) is 4.79 Å². The van der Waals surface area contributed by atoms with E-state index in [1.54, 1.807) is 6.07 Å². The van der Waals surface area contributed by atoms with Gasteiger partial charge in [0.2, 0.25) is 0 Å². The number of rotatable bonds is 7. The molecule has 2 heterocycles. The maximum Gasteiger partial charge on any atom is 0.304 e. The number of carboxylic acid groups (broad SMARTS) is 1. The third kappa shape index (κ3) is 4.21. The molecular formula is C25H26N2O5. The highest BCUT2D eigenvalue weighted by atomic mass is 16.5. The van der Waals surface area contributed by atoms with E-state index in [4.69, 9.17) is 14.0 Å². The molecule has 5 rings (SSSR count). The van der Waals surface area contributed by atoms with Crippen LogP contribution in [0.1, 0.15) is 47.2 Å². The summed E-state index contributed by atoms with van der Waals surface area (Å²) in [6.45, 7) is 3.39. The second-order valence-electron chi connectivity index (χ2n) is 8.23. The predicted molar refractivity (Wildman–Crippen MR) is 118 cm³/mol. The number of aromatic nitrogens is 1. The van der Waals surface area contributed by atoms with Gasteiger partial charge in [0.15, 0.2) is 0 Å². The van der Waals surface area contributed by atoms with Crippen LogP contribution < -0.4 is 9.64 Å². The normalized spacial score (nSPS) is 18.9. The fourth-order valence-corrected chi connectivity index (χ4v) is 4.73. The number of benzene rings is 2. The zero-order chi connectivity index (χ0) is 21.9. The second kappa shape index (κ2) is 9.04. The first-order valence-corrected chi connectivity index (χ1v) is 11.0. The Bertz CT molecular complexity index is 1060. The van der Waals surface area contributed by atoms with Crippen LogP contribution in [-0.4, -0.2) is 42.5 Å². The average Bonchev–Trinajstić information content (AvgIpc) is 3.49. The Hall–Kier alpha value is -3.32. The van der Waals surface area contributed by atoms with Crippen LogP contribution in [0.5, 0.6) is 5.75 Å². The number of nitrogens with zero attached hydrogens (tertiary/aromatic N) is 2. The molecular weight excluding hydrogens is 408 g/mol. The minimum absolute atomic E-state index is 0.0159. The summed E-state index contributed by atoms with van der Waals surface area (Å²) in [6, 6.07) is 15.8. The smallest absolute Gasteiger partial charge is 0.304 e. The highest BCUT2D eigenvalue weighted by molar-refractivity contribution is 5.69. The molecule has 2 aromatic carbocycles. The number of anilines is 1. The number of hydrogen-bond acceptors (Lipinski definition) is 6. The molecule has 7 heteroatoms. The van der Waals surface area contributed by atoms with Crippen molar-refractivity contribution in [2.24, 2.45) is 0 Å². The number of hydrogen-bond donors (Lipinski definition) is 1. The van der Waals surface area contributed by atoms with Crippen molar-refractivity contribution in [3.8, 4) is 5.75 Å². The van der Waals surface area contributed by atoms with Gasteiger partial charge in [-0.1, -0.05) is 29.4 Å². The molecule has 166 valence electrons. The first kappa shape index (κ1) is 20.6. The molecule has 7 nitrogen and oxygen atoms in total. The van der Waals surface area contributed by atoms with Crippen molar-refractivity contribution in [3.05, 3.63) is 77.2 Å². The topological polar surface area (TPSA) is 85.0 Å². The molecule has 2 atom stereocenters. The van der Waals surface area contributed by atoms with Gasteiger partial charge < -0.3 is 24.0 Å². The number of fused-ring (bicyclic) bond motifs is 1. The van der Waals surface area contributed by atoms with Crippen LogP contribution in [0.4, 0.5) is 5.69 Å². The predicted octanol–water partition coefficient (Wildman–Crippen LogP) is 4.18. The summed E-state index contributed by atoms with van der Waals surface area (Å²) in [6.07, 6.45) is 3.37. The van der Waals surface area contributed by atoms with Gasteiger partial charge in [0.05, 0.1) is 25.3 Å². The van der Waals surface area contributed by atoms with Gasteiger partial charge in [-0.05, 0) is 47.7 Å². The largest absolute Gasteiger partial charge is 0.486 e. The molecule has 0 radical (unpaired) electrons. The fourth-order valence-electron chi connectivity index (χ4n) is 4.73. The quantitative estimate of drug-likeness (QED) is 0.597. The Kier molecular flexibility index (Phi) is 5.81. The molecule has 1 saturated heterocycles. The molecule has 0 amide bonds. The molecule has 1 fully saturated rings. The minimum atomic E-state index is -0.878. The molecule has 32 heavy (non-hydrogen) atoms. The van der Waals surface area contributed by atoms with Crippen LogP contribution in [0.15, 0.2) is 59.3 Å². The van der Waals surface area contributed by atoms with Crippen molar-refractivity contribution in [2.75, 3.05) is 31.2 Å². The Morgan fingerprint density at radius 1 is 1.16 bits per heavy atom. The fraction of sp³-hybridized carbons (Fsp3) is 0.360. The monoisotopic (exact) mass is 434 g/mol. The summed E-state index contributed by atoms with van der Waals surface area (Å²) in [4.78, 5) is 13.7. The van der Waals surface area contributed by atoms with E-state index in [2.05, 4.69) is 28.3 Å². The van der Waals surface area contributed by atoms with E-state index in [-0.39, 0.29) is 18.4 Å². The van der Waals surface area contributed by atoms with E-state index in [0.717, 1.165) is 50.5 Å². The molecule has 1 aliphatic heterocycles. The van der Waals surface area contributed by atoms with Crippen LogP contribution in [0.2, 0.25) is 0 Å². The lowest BCUT2D eigenvalue weighted by molar-refractivity contribution is -0.137. The van der Waals surface area contributed by atoms with E-state index in [1.165, 1.54) is 23.1 Å². The van der Waals surface area contributed by atoms with Gasteiger partial charge in [0.25, 0.3) is 0 Å². The van der Waals surface area contributed by atoms with Gasteiger partial charge in [0.1, 0.15) is 18.1 Å². The summed E-state index contributed by atoms with van der Waals surface area (Å²) < 4.78 is 16.8. The number of carboxylic acids is 1. The van der Waals surface area contributed by atoms with Crippen molar-refractivity contribution in [3.63, 3.8) is 0 Å². The number of ether oxygens (including phenoxy) is 2. The summed E-state index contributed by atoms with van der Waals surface area (Å²) in [5.74, 6) is -0.460. The van der Waals surface area contributed by atoms with Crippen LogP contribution in [0, 0.1) is 0 Å². The van der Waals surface area contributed by atoms with Crippen LogP contribution in [0.25, 0.3) is 0 Å². The van der Waals surface area contributed by atoms with E-state index in [1.807, 2.05) is 24.3 Å². The van der Waals surface area contributed by atoms with E-state index >= 15 is 0 Å². The number of morpholine rings is 1.